The monoisotopic (exact) mass is 146 g/mol. The number of carbonyl (C=O) groups excluding carboxylic acids is 1. The molecule has 1 aliphatic heterocycles. The van der Waals surface area contributed by atoms with Gasteiger partial charge in [-0.3, -0.25) is 4.79 Å². The first-order chi connectivity index (χ1) is 4.68. The smallest absolute Gasteiger partial charge is 0.217 e. The molecule has 58 valence electrons. The van der Waals surface area contributed by atoms with Crippen molar-refractivity contribution in [2.75, 3.05) is 13.1 Å². The number of rotatable bonds is 1. The highest BCUT2D eigenvalue weighted by Gasteiger charge is 2.22. The maximum atomic E-state index is 12.3. The predicted octanol–water partition coefficient (Wildman–Crippen LogP) is 0.0813. The Morgan fingerprint density at radius 2 is 2.50 bits per heavy atom. The lowest BCUT2D eigenvalue weighted by Crippen LogP contribution is -2.34. The molecule has 1 atom stereocenters. The van der Waals surface area contributed by atoms with Gasteiger partial charge in [0.25, 0.3) is 0 Å². The molecule has 0 aromatic rings. The molecule has 1 unspecified atom stereocenters. The van der Waals surface area contributed by atoms with Gasteiger partial charge in [-0.2, -0.15) is 0 Å². The standard InChI is InChI=1S/C6H11FN2O/c1-5(10)8-6-2-3-9(7)4-6/h6H,2-4H2,1H3,(H,8,10). The topological polar surface area (TPSA) is 32.3 Å². The van der Waals surface area contributed by atoms with E-state index in [0.717, 1.165) is 11.5 Å². The molecule has 10 heavy (non-hydrogen) atoms. The molecule has 1 aliphatic rings. The van der Waals surface area contributed by atoms with E-state index in [0.29, 0.717) is 13.1 Å². The summed E-state index contributed by atoms with van der Waals surface area (Å²) >= 11 is 0. The van der Waals surface area contributed by atoms with Crippen LogP contribution in [0.1, 0.15) is 13.3 Å². The van der Waals surface area contributed by atoms with E-state index in [1.54, 1.807) is 0 Å². The van der Waals surface area contributed by atoms with E-state index >= 15 is 0 Å². The zero-order valence-electron chi connectivity index (χ0n) is 5.93. The van der Waals surface area contributed by atoms with Crippen LogP contribution in [-0.4, -0.2) is 30.2 Å². The lowest BCUT2D eigenvalue weighted by atomic mass is 10.3. The maximum absolute atomic E-state index is 12.3. The summed E-state index contributed by atoms with van der Waals surface area (Å²) < 4.78 is 12.3. The van der Waals surface area contributed by atoms with Gasteiger partial charge in [0.05, 0.1) is 0 Å². The van der Waals surface area contributed by atoms with Gasteiger partial charge in [0.1, 0.15) is 0 Å². The van der Waals surface area contributed by atoms with Crippen molar-refractivity contribution in [3.05, 3.63) is 0 Å². The van der Waals surface area contributed by atoms with Crippen LogP contribution >= 0.6 is 0 Å². The quantitative estimate of drug-likeness (QED) is 0.531. The van der Waals surface area contributed by atoms with E-state index < -0.39 is 0 Å². The Bertz CT molecular complexity index is 140. The minimum Gasteiger partial charge on any atom is -0.352 e. The second-order valence-electron chi connectivity index (χ2n) is 2.55. The second-order valence-corrected chi connectivity index (χ2v) is 2.55. The summed E-state index contributed by atoms with van der Waals surface area (Å²) in [4.78, 5) is 10.5. The Balaban J connectivity index is 2.24. The number of hydrogen-bond acceptors (Lipinski definition) is 2. The Labute approximate surface area is 59.1 Å². The summed E-state index contributed by atoms with van der Waals surface area (Å²) in [6, 6.07) is 0.0162. The van der Waals surface area contributed by atoms with Gasteiger partial charge in [-0.05, 0) is 6.42 Å². The summed E-state index contributed by atoms with van der Waals surface area (Å²) in [6.07, 6.45) is 0.718. The third-order valence-electron chi connectivity index (χ3n) is 1.55. The summed E-state index contributed by atoms with van der Waals surface area (Å²) in [6.45, 7) is 2.21. The molecule has 0 radical (unpaired) electrons. The van der Waals surface area contributed by atoms with E-state index in [9.17, 15) is 9.28 Å². The first kappa shape index (κ1) is 7.47. The molecule has 0 bridgehead atoms. The van der Waals surface area contributed by atoms with Gasteiger partial charge >= 0.3 is 0 Å². The highest BCUT2D eigenvalue weighted by atomic mass is 19.2. The minimum absolute atomic E-state index is 0.0162. The van der Waals surface area contributed by atoms with Crippen LogP contribution < -0.4 is 5.32 Å². The molecule has 1 heterocycles. The largest absolute Gasteiger partial charge is 0.352 e. The van der Waals surface area contributed by atoms with Gasteiger partial charge in [0.2, 0.25) is 5.91 Å². The maximum Gasteiger partial charge on any atom is 0.217 e. The summed E-state index contributed by atoms with van der Waals surface area (Å²) in [5.74, 6) is -0.0831. The van der Waals surface area contributed by atoms with Crippen molar-refractivity contribution < 1.29 is 9.28 Å². The molecule has 0 aromatic heterocycles. The zero-order chi connectivity index (χ0) is 7.56. The average molecular weight is 146 g/mol. The lowest BCUT2D eigenvalue weighted by Gasteiger charge is -2.07. The third-order valence-corrected chi connectivity index (χ3v) is 1.55. The zero-order valence-corrected chi connectivity index (χ0v) is 5.93. The molecule has 0 aromatic carbocycles. The number of nitrogens with zero attached hydrogens (tertiary/aromatic N) is 1. The van der Waals surface area contributed by atoms with Crippen LogP contribution in [0.5, 0.6) is 0 Å². The first-order valence-corrected chi connectivity index (χ1v) is 3.36. The number of halogens is 1. The fourth-order valence-corrected chi connectivity index (χ4v) is 1.12. The Kier molecular flexibility index (Phi) is 2.21. The summed E-state index contributed by atoms with van der Waals surface area (Å²) in [7, 11) is 0. The van der Waals surface area contributed by atoms with Crippen LogP contribution in [0.25, 0.3) is 0 Å². The normalized spacial score (nSPS) is 26.8. The van der Waals surface area contributed by atoms with Crippen LogP contribution in [0.4, 0.5) is 4.48 Å². The number of amides is 1. The van der Waals surface area contributed by atoms with Crippen molar-refractivity contribution in [2.45, 2.75) is 19.4 Å². The minimum atomic E-state index is -0.0831. The van der Waals surface area contributed by atoms with Crippen molar-refractivity contribution >= 4 is 5.91 Å². The number of nitrogens with one attached hydrogen (secondary N) is 1. The molecule has 1 fully saturated rings. The van der Waals surface area contributed by atoms with Gasteiger partial charge in [0.15, 0.2) is 0 Å². The fraction of sp³-hybridized carbons (Fsp3) is 0.833. The second kappa shape index (κ2) is 2.96. The summed E-state index contributed by atoms with van der Waals surface area (Å²) in [5, 5.41) is 3.37. The lowest BCUT2D eigenvalue weighted by molar-refractivity contribution is -0.119. The van der Waals surface area contributed by atoms with Crippen LogP contribution in [-0.2, 0) is 4.79 Å². The van der Waals surface area contributed by atoms with Gasteiger partial charge < -0.3 is 5.32 Å². The van der Waals surface area contributed by atoms with Crippen molar-refractivity contribution in [1.29, 1.82) is 0 Å². The van der Waals surface area contributed by atoms with Gasteiger partial charge in [-0.1, -0.05) is 0 Å². The van der Waals surface area contributed by atoms with Gasteiger partial charge in [0, 0.05) is 26.1 Å². The Hall–Kier alpha value is -0.640. The number of carbonyl (C=O) groups is 1. The van der Waals surface area contributed by atoms with Gasteiger partial charge in [-0.25, -0.2) is 0 Å². The molecule has 1 N–H and O–H groups in total. The van der Waals surface area contributed by atoms with E-state index in [4.69, 9.17) is 0 Å². The molecule has 1 amide bonds. The predicted molar refractivity (Wildman–Crippen MR) is 34.9 cm³/mol. The Morgan fingerprint density at radius 1 is 1.80 bits per heavy atom. The molecule has 0 spiro atoms. The first-order valence-electron chi connectivity index (χ1n) is 3.36. The van der Waals surface area contributed by atoms with Crippen LogP contribution in [0.15, 0.2) is 0 Å². The van der Waals surface area contributed by atoms with Crippen molar-refractivity contribution in [3.8, 4) is 0 Å². The Morgan fingerprint density at radius 3 is 2.90 bits per heavy atom. The average Bonchev–Trinajstić information content (AvgIpc) is 2.13. The van der Waals surface area contributed by atoms with Crippen LogP contribution in [0, 0.1) is 0 Å². The highest BCUT2D eigenvalue weighted by Crippen LogP contribution is 2.08. The molecular formula is C6H11FN2O. The van der Waals surface area contributed by atoms with Crippen molar-refractivity contribution in [3.63, 3.8) is 0 Å². The molecule has 0 saturated carbocycles. The molecule has 3 nitrogen and oxygen atoms in total. The highest BCUT2D eigenvalue weighted by molar-refractivity contribution is 5.73. The SMILES string of the molecule is CC(=O)NC1CCN(F)C1. The molecule has 1 rings (SSSR count). The molecule has 0 aliphatic carbocycles. The third kappa shape index (κ3) is 1.95. The summed E-state index contributed by atoms with van der Waals surface area (Å²) in [5.41, 5.74) is 0. The molecule has 1 saturated heterocycles. The molecule has 4 heteroatoms. The van der Waals surface area contributed by atoms with E-state index in [1.165, 1.54) is 6.92 Å². The van der Waals surface area contributed by atoms with Crippen LogP contribution in [0.3, 0.4) is 0 Å². The van der Waals surface area contributed by atoms with E-state index in [-0.39, 0.29) is 11.9 Å². The van der Waals surface area contributed by atoms with Crippen LogP contribution in [0.2, 0.25) is 0 Å². The van der Waals surface area contributed by atoms with Crippen molar-refractivity contribution in [1.82, 2.24) is 10.4 Å². The molecular weight excluding hydrogens is 135 g/mol. The number of hydrogen-bond donors (Lipinski definition) is 1. The van der Waals surface area contributed by atoms with E-state index in [1.807, 2.05) is 0 Å². The fourth-order valence-electron chi connectivity index (χ4n) is 1.12. The van der Waals surface area contributed by atoms with Gasteiger partial charge in [-0.15, -0.1) is 9.60 Å². The van der Waals surface area contributed by atoms with E-state index in [2.05, 4.69) is 5.32 Å². The van der Waals surface area contributed by atoms with Crippen molar-refractivity contribution in [2.24, 2.45) is 0 Å².